The maximum Gasteiger partial charge on any atom is 0.165 e. The number of nitrogen functional groups attached to an aromatic ring is 1. The number of anilines is 1. The topological polar surface area (TPSA) is 61.0 Å². The van der Waals surface area contributed by atoms with Gasteiger partial charge in [-0.05, 0) is 18.2 Å². The molecule has 4 nitrogen and oxygen atoms in total. The molecule has 0 saturated carbocycles. The molecule has 0 atom stereocenters. The van der Waals surface area contributed by atoms with Crippen molar-refractivity contribution in [3.63, 3.8) is 0 Å². The minimum atomic E-state index is -0.408. The second-order valence-corrected chi connectivity index (χ2v) is 3.18. The van der Waals surface area contributed by atoms with Gasteiger partial charge in [0.05, 0.1) is 25.2 Å². The van der Waals surface area contributed by atoms with Gasteiger partial charge in [-0.3, -0.25) is 4.98 Å². The molecule has 0 unspecified atom stereocenters. The van der Waals surface area contributed by atoms with Crippen LogP contribution in [0, 0.1) is 5.82 Å². The first kappa shape index (κ1) is 10.4. The quantitative estimate of drug-likeness (QED) is 0.837. The number of benzene rings is 1. The number of rotatable bonds is 2. The zero-order valence-corrected chi connectivity index (χ0v) is 8.64. The van der Waals surface area contributed by atoms with Crippen LogP contribution < -0.4 is 10.5 Å². The fourth-order valence-electron chi connectivity index (χ4n) is 1.31. The number of nitrogens with two attached hydrogens (primary N) is 1. The first-order valence-corrected chi connectivity index (χ1v) is 4.62. The number of aromatic nitrogens is 2. The van der Waals surface area contributed by atoms with Crippen LogP contribution in [0.1, 0.15) is 0 Å². The lowest BCUT2D eigenvalue weighted by molar-refractivity contribution is 0.387. The lowest BCUT2D eigenvalue weighted by Gasteiger charge is -2.05. The summed E-state index contributed by atoms with van der Waals surface area (Å²) in [7, 11) is 1.41. The minimum Gasteiger partial charge on any atom is -0.494 e. The zero-order chi connectivity index (χ0) is 11.5. The van der Waals surface area contributed by atoms with E-state index in [4.69, 9.17) is 10.5 Å². The van der Waals surface area contributed by atoms with E-state index in [1.54, 1.807) is 12.1 Å². The van der Waals surface area contributed by atoms with Crippen molar-refractivity contribution in [3.8, 4) is 17.0 Å². The van der Waals surface area contributed by atoms with E-state index in [1.165, 1.54) is 25.6 Å². The summed E-state index contributed by atoms with van der Waals surface area (Å²) in [5.74, 6) is 0.114. The van der Waals surface area contributed by atoms with Crippen LogP contribution in [-0.4, -0.2) is 17.1 Å². The first-order valence-electron chi connectivity index (χ1n) is 4.62. The molecule has 0 bridgehead atoms. The standard InChI is InChI=1S/C11H10FN3O/c1-16-10-4-7(2-3-8(10)12)9-5-15-11(13)6-14-9/h2-6H,1H3,(H2,13,15). The summed E-state index contributed by atoms with van der Waals surface area (Å²) in [5.41, 5.74) is 6.77. The van der Waals surface area contributed by atoms with Crippen molar-refractivity contribution < 1.29 is 9.13 Å². The highest BCUT2D eigenvalue weighted by Gasteiger charge is 2.06. The smallest absolute Gasteiger partial charge is 0.165 e. The molecule has 0 fully saturated rings. The molecular weight excluding hydrogens is 209 g/mol. The van der Waals surface area contributed by atoms with Gasteiger partial charge in [0.15, 0.2) is 11.6 Å². The molecule has 82 valence electrons. The van der Waals surface area contributed by atoms with E-state index in [-0.39, 0.29) is 5.75 Å². The molecule has 0 radical (unpaired) electrons. The van der Waals surface area contributed by atoms with Crippen molar-refractivity contribution in [2.24, 2.45) is 0 Å². The first-order chi connectivity index (χ1) is 7.70. The highest BCUT2D eigenvalue weighted by molar-refractivity contribution is 5.60. The van der Waals surface area contributed by atoms with E-state index < -0.39 is 5.82 Å². The molecule has 1 aromatic heterocycles. The molecule has 2 N–H and O–H groups in total. The Labute approximate surface area is 91.9 Å². The van der Waals surface area contributed by atoms with Crippen molar-refractivity contribution in [1.29, 1.82) is 0 Å². The van der Waals surface area contributed by atoms with E-state index in [0.717, 1.165) is 5.56 Å². The van der Waals surface area contributed by atoms with E-state index in [0.29, 0.717) is 11.5 Å². The predicted molar refractivity (Wildman–Crippen MR) is 58.4 cm³/mol. The summed E-state index contributed by atoms with van der Waals surface area (Å²) in [4.78, 5) is 8.00. The van der Waals surface area contributed by atoms with Crippen LogP contribution in [0.5, 0.6) is 5.75 Å². The van der Waals surface area contributed by atoms with Crippen LogP contribution in [-0.2, 0) is 0 Å². The van der Waals surface area contributed by atoms with Gasteiger partial charge in [-0.25, -0.2) is 9.37 Å². The van der Waals surface area contributed by atoms with Gasteiger partial charge in [0.25, 0.3) is 0 Å². The minimum absolute atomic E-state index is 0.177. The molecule has 0 aliphatic heterocycles. The summed E-state index contributed by atoms with van der Waals surface area (Å²) in [6.45, 7) is 0. The average Bonchev–Trinajstić information content (AvgIpc) is 2.31. The normalized spacial score (nSPS) is 10.1. The Morgan fingerprint density at radius 2 is 2.06 bits per heavy atom. The van der Waals surface area contributed by atoms with E-state index >= 15 is 0 Å². The largest absolute Gasteiger partial charge is 0.494 e. The second kappa shape index (κ2) is 4.14. The molecule has 0 aliphatic rings. The lowest BCUT2D eigenvalue weighted by Crippen LogP contribution is -1.93. The van der Waals surface area contributed by atoms with E-state index in [1.807, 2.05) is 0 Å². The van der Waals surface area contributed by atoms with Gasteiger partial charge >= 0.3 is 0 Å². The second-order valence-electron chi connectivity index (χ2n) is 3.18. The van der Waals surface area contributed by atoms with Gasteiger partial charge < -0.3 is 10.5 Å². The van der Waals surface area contributed by atoms with Gasteiger partial charge in [0.2, 0.25) is 0 Å². The van der Waals surface area contributed by atoms with Crippen LogP contribution in [0.15, 0.2) is 30.6 Å². The molecular formula is C11H10FN3O. The van der Waals surface area contributed by atoms with E-state index in [9.17, 15) is 4.39 Å². The maximum atomic E-state index is 13.2. The average molecular weight is 219 g/mol. The Balaban J connectivity index is 2.44. The van der Waals surface area contributed by atoms with Gasteiger partial charge in [-0.1, -0.05) is 0 Å². The Hall–Kier alpha value is -2.17. The summed E-state index contributed by atoms with van der Waals surface area (Å²) >= 11 is 0. The molecule has 2 aromatic rings. The number of hydrogen-bond donors (Lipinski definition) is 1. The highest BCUT2D eigenvalue weighted by Crippen LogP contribution is 2.24. The molecule has 2 rings (SSSR count). The molecule has 1 aromatic carbocycles. The number of halogens is 1. The van der Waals surface area contributed by atoms with Crippen LogP contribution in [0.2, 0.25) is 0 Å². The van der Waals surface area contributed by atoms with Gasteiger partial charge in [-0.2, -0.15) is 0 Å². The van der Waals surface area contributed by atoms with Gasteiger partial charge in [-0.15, -0.1) is 0 Å². The van der Waals surface area contributed by atoms with Crippen LogP contribution in [0.4, 0.5) is 10.2 Å². The third-order valence-electron chi connectivity index (χ3n) is 2.12. The summed E-state index contributed by atoms with van der Waals surface area (Å²) < 4.78 is 18.1. The molecule has 0 aliphatic carbocycles. The number of ether oxygens (including phenoxy) is 1. The summed E-state index contributed by atoms with van der Waals surface area (Å²) in [5, 5.41) is 0. The highest BCUT2D eigenvalue weighted by atomic mass is 19.1. The predicted octanol–water partition coefficient (Wildman–Crippen LogP) is 1.87. The van der Waals surface area contributed by atoms with Crippen LogP contribution in [0.25, 0.3) is 11.3 Å². The van der Waals surface area contributed by atoms with E-state index in [2.05, 4.69) is 9.97 Å². The molecule has 0 amide bonds. The van der Waals surface area contributed by atoms with Crippen molar-refractivity contribution in [3.05, 3.63) is 36.4 Å². The van der Waals surface area contributed by atoms with Crippen molar-refractivity contribution in [1.82, 2.24) is 9.97 Å². The molecule has 0 saturated heterocycles. The number of hydrogen-bond acceptors (Lipinski definition) is 4. The van der Waals surface area contributed by atoms with Crippen molar-refractivity contribution in [2.45, 2.75) is 0 Å². The van der Waals surface area contributed by atoms with Crippen LogP contribution >= 0.6 is 0 Å². The Kier molecular flexibility index (Phi) is 2.68. The maximum absolute atomic E-state index is 13.2. The zero-order valence-electron chi connectivity index (χ0n) is 8.64. The SMILES string of the molecule is COc1cc(-c2cnc(N)cn2)ccc1F. The van der Waals surface area contributed by atoms with Gasteiger partial charge in [0.1, 0.15) is 5.82 Å². The number of nitrogens with zero attached hydrogens (tertiary/aromatic N) is 2. The molecule has 1 heterocycles. The summed E-state index contributed by atoms with van der Waals surface area (Å²) in [6.07, 6.45) is 2.98. The Bertz CT molecular complexity index is 499. The fraction of sp³-hybridized carbons (Fsp3) is 0.0909. The monoisotopic (exact) mass is 219 g/mol. The lowest BCUT2D eigenvalue weighted by atomic mass is 10.1. The summed E-state index contributed by atoms with van der Waals surface area (Å²) in [6, 6.07) is 4.50. The molecule has 0 spiro atoms. The van der Waals surface area contributed by atoms with Crippen molar-refractivity contribution >= 4 is 5.82 Å². The Morgan fingerprint density at radius 3 is 2.69 bits per heavy atom. The van der Waals surface area contributed by atoms with Crippen molar-refractivity contribution in [2.75, 3.05) is 12.8 Å². The Morgan fingerprint density at radius 1 is 1.25 bits per heavy atom. The van der Waals surface area contributed by atoms with Gasteiger partial charge in [0, 0.05) is 5.56 Å². The molecule has 16 heavy (non-hydrogen) atoms. The molecule has 5 heteroatoms. The third kappa shape index (κ3) is 1.93. The number of methoxy groups -OCH3 is 1. The van der Waals surface area contributed by atoms with Crippen LogP contribution in [0.3, 0.4) is 0 Å². The fourth-order valence-corrected chi connectivity index (χ4v) is 1.31. The third-order valence-corrected chi connectivity index (χ3v) is 2.12.